The lowest BCUT2D eigenvalue weighted by molar-refractivity contribution is 0.516. The summed E-state index contributed by atoms with van der Waals surface area (Å²) in [6.45, 7) is 5.65. The molecule has 1 heterocycles. The monoisotopic (exact) mass is 257 g/mol. The Labute approximate surface area is 105 Å². The lowest BCUT2D eigenvalue weighted by Gasteiger charge is -1.98. The molecule has 1 N–H and O–H groups in total. The molecule has 0 aliphatic heterocycles. The fourth-order valence-corrected chi connectivity index (χ4v) is 2.22. The van der Waals surface area contributed by atoms with E-state index in [1.807, 2.05) is 6.92 Å². The molecular weight excluding hydrogens is 245 g/mol. The van der Waals surface area contributed by atoms with E-state index in [4.69, 9.17) is 27.6 Å². The van der Waals surface area contributed by atoms with Gasteiger partial charge in [0.25, 0.3) is 0 Å². The van der Waals surface area contributed by atoms with Gasteiger partial charge in [0.2, 0.25) is 0 Å². The van der Waals surface area contributed by atoms with E-state index in [1.165, 1.54) is 0 Å². The molecule has 86 valence electrons. The minimum absolute atomic E-state index is 0.602. The van der Waals surface area contributed by atoms with Crippen molar-refractivity contribution in [1.82, 2.24) is 5.32 Å². The molecule has 2 nitrogen and oxygen atoms in total. The molecule has 0 saturated heterocycles. The van der Waals surface area contributed by atoms with Gasteiger partial charge < -0.3 is 9.73 Å². The molecule has 1 aromatic heterocycles. The number of aryl methyl sites for hydroxylation is 1. The maximum Gasteiger partial charge on any atom is 0.154 e. The van der Waals surface area contributed by atoms with Crippen LogP contribution in [0.5, 0.6) is 0 Å². The molecule has 0 aliphatic carbocycles. The van der Waals surface area contributed by atoms with E-state index in [0.29, 0.717) is 22.2 Å². The van der Waals surface area contributed by atoms with Crippen LogP contribution < -0.4 is 5.32 Å². The number of halogens is 2. The SMILES string of the molecule is CCNCc1oc2c(Cl)ccc(Cl)c2c1C. The van der Waals surface area contributed by atoms with Gasteiger partial charge in [-0.25, -0.2) is 0 Å². The summed E-state index contributed by atoms with van der Waals surface area (Å²) in [6.07, 6.45) is 0. The summed E-state index contributed by atoms with van der Waals surface area (Å²) in [4.78, 5) is 0. The summed E-state index contributed by atoms with van der Waals surface area (Å²) in [5.74, 6) is 0.895. The van der Waals surface area contributed by atoms with Crippen molar-refractivity contribution < 1.29 is 4.42 Å². The fourth-order valence-electron chi connectivity index (χ4n) is 1.73. The van der Waals surface area contributed by atoms with Crippen molar-refractivity contribution in [3.8, 4) is 0 Å². The van der Waals surface area contributed by atoms with Crippen molar-refractivity contribution >= 4 is 34.2 Å². The molecule has 4 heteroatoms. The van der Waals surface area contributed by atoms with E-state index in [1.54, 1.807) is 12.1 Å². The van der Waals surface area contributed by atoms with E-state index in [0.717, 1.165) is 23.3 Å². The quantitative estimate of drug-likeness (QED) is 0.894. The first-order valence-corrected chi connectivity index (χ1v) is 5.97. The summed E-state index contributed by atoms with van der Waals surface area (Å²) in [7, 11) is 0. The van der Waals surface area contributed by atoms with Crippen LogP contribution in [-0.4, -0.2) is 6.54 Å². The molecule has 16 heavy (non-hydrogen) atoms. The maximum absolute atomic E-state index is 6.14. The minimum atomic E-state index is 0.602. The minimum Gasteiger partial charge on any atom is -0.458 e. The van der Waals surface area contributed by atoms with Gasteiger partial charge in [-0.05, 0) is 25.6 Å². The van der Waals surface area contributed by atoms with Crippen LogP contribution in [0, 0.1) is 6.92 Å². The zero-order valence-corrected chi connectivity index (χ0v) is 10.7. The molecule has 0 radical (unpaired) electrons. The molecule has 0 bridgehead atoms. The topological polar surface area (TPSA) is 25.2 Å². The first-order chi connectivity index (χ1) is 7.65. The van der Waals surface area contributed by atoms with E-state index in [-0.39, 0.29) is 0 Å². The Morgan fingerprint density at radius 3 is 2.56 bits per heavy atom. The van der Waals surface area contributed by atoms with Crippen LogP contribution in [0.2, 0.25) is 10.0 Å². The van der Waals surface area contributed by atoms with Gasteiger partial charge in [-0.2, -0.15) is 0 Å². The van der Waals surface area contributed by atoms with E-state index < -0.39 is 0 Å². The molecule has 1 aromatic carbocycles. The second kappa shape index (κ2) is 4.66. The van der Waals surface area contributed by atoms with E-state index >= 15 is 0 Å². The molecule has 0 fully saturated rings. The standard InChI is InChI=1S/C12H13Cl2NO/c1-3-15-6-10-7(2)11-8(13)4-5-9(14)12(11)16-10/h4-5,15H,3,6H2,1-2H3. The Morgan fingerprint density at radius 2 is 1.94 bits per heavy atom. The number of fused-ring (bicyclic) bond motifs is 1. The molecule has 0 aliphatic rings. The summed E-state index contributed by atoms with van der Waals surface area (Å²) >= 11 is 12.2. The van der Waals surface area contributed by atoms with Gasteiger partial charge in [-0.1, -0.05) is 30.1 Å². The van der Waals surface area contributed by atoms with Gasteiger partial charge in [-0.3, -0.25) is 0 Å². The van der Waals surface area contributed by atoms with Crippen LogP contribution in [-0.2, 0) is 6.54 Å². The fraction of sp³-hybridized carbons (Fsp3) is 0.333. The highest BCUT2D eigenvalue weighted by molar-refractivity contribution is 6.40. The maximum atomic E-state index is 6.14. The molecule has 0 unspecified atom stereocenters. The summed E-state index contributed by atoms with van der Waals surface area (Å²) < 4.78 is 5.73. The number of nitrogens with one attached hydrogen (secondary N) is 1. The number of benzene rings is 1. The Balaban J connectivity index is 2.58. The largest absolute Gasteiger partial charge is 0.458 e. The van der Waals surface area contributed by atoms with Crippen molar-refractivity contribution in [3.63, 3.8) is 0 Å². The number of rotatable bonds is 3. The zero-order chi connectivity index (χ0) is 11.7. The summed E-state index contributed by atoms with van der Waals surface area (Å²) in [5, 5.41) is 5.43. The van der Waals surface area contributed by atoms with Gasteiger partial charge >= 0.3 is 0 Å². The average Bonchev–Trinajstić information content (AvgIpc) is 2.60. The van der Waals surface area contributed by atoms with E-state index in [9.17, 15) is 0 Å². The smallest absolute Gasteiger partial charge is 0.154 e. The number of furan rings is 1. The van der Waals surface area contributed by atoms with Gasteiger partial charge in [0.15, 0.2) is 5.58 Å². The van der Waals surface area contributed by atoms with Gasteiger partial charge in [-0.15, -0.1) is 0 Å². The lowest BCUT2D eigenvalue weighted by atomic mass is 10.1. The lowest BCUT2D eigenvalue weighted by Crippen LogP contribution is -2.11. The van der Waals surface area contributed by atoms with Crippen molar-refractivity contribution in [1.29, 1.82) is 0 Å². The molecule has 0 spiro atoms. The molecular formula is C12H13Cl2NO. The van der Waals surface area contributed by atoms with Crippen LogP contribution in [0.15, 0.2) is 16.5 Å². The summed E-state index contributed by atoms with van der Waals surface area (Å²) in [5.41, 5.74) is 1.74. The average molecular weight is 258 g/mol. The third-order valence-corrected chi connectivity index (χ3v) is 3.23. The van der Waals surface area contributed by atoms with Crippen molar-refractivity contribution in [2.24, 2.45) is 0 Å². The van der Waals surface area contributed by atoms with Crippen molar-refractivity contribution in [3.05, 3.63) is 33.5 Å². The van der Waals surface area contributed by atoms with Gasteiger partial charge in [0.05, 0.1) is 16.6 Å². The second-order valence-electron chi connectivity index (χ2n) is 3.66. The van der Waals surface area contributed by atoms with Crippen molar-refractivity contribution in [2.45, 2.75) is 20.4 Å². The van der Waals surface area contributed by atoms with Crippen LogP contribution >= 0.6 is 23.2 Å². The van der Waals surface area contributed by atoms with Gasteiger partial charge in [0, 0.05) is 10.9 Å². The Morgan fingerprint density at radius 1 is 1.25 bits per heavy atom. The molecule has 2 aromatic rings. The molecule has 0 atom stereocenters. The van der Waals surface area contributed by atoms with Crippen LogP contribution in [0.25, 0.3) is 11.0 Å². The summed E-state index contributed by atoms with van der Waals surface area (Å²) in [6, 6.07) is 3.55. The highest BCUT2D eigenvalue weighted by atomic mass is 35.5. The highest BCUT2D eigenvalue weighted by Crippen LogP contribution is 2.35. The van der Waals surface area contributed by atoms with Crippen LogP contribution in [0.1, 0.15) is 18.2 Å². The molecule has 0 amide bonds. The van der Waals surface area contributed by atoms with Crippen molar-refractivity contribution in [2.75, 3.05) is 6.54 Å². The second-order valence-corrected chi connectivity index (χ2v) is 4.48. The predicted octanol–water partition coefficient (Wildman–Crippen LogP) is 4.16. The number of hydrogen-bond acceptors (Lipinski definition) is 2. The Hall–Kier alpha value is -0.700. The first-order valence-electron chi connectivity index (χ1n) is 5.21. The molecule has 2 rings (SSSR count). The molecule has 0 saturated carbocycles. The normalized spacial score (nSPS) is 11.2. The third-order valence-electron chi connectivity index (χ3n) is 2.61. The van der Waals surface area contributed by atoms with Crippen LogP contribution in [0.4, 0.5) is 0 Å². The number of hydrogen-bond donors (Lipinski definition) is 1. The van der Waals surface area contributed by atoms with E-state index in [2.05, 4.69) is 12.2 Å². The Kier molecular flexibility index (Phi) is 3.43. The third kappa shape index (κ3) is 1.93. The predicted molar refractivity (Wildman–Crippen MR) is 68.4 cm³/mol. The first kappa shape index (κ1) is 11.8. The Bertz CT molecular complexity index is 519. The highest BCUT2D eigenvalue weighted by Gasteiger charge is 2.15. The van der Waals surface area contributed by atoms with Gasteiger partial charge in [0.1, 0.15) is 5.76 Å². The van der Waals surface area contributed by atoms with Crippen LogP contribution in [0.3, 0.4) is 0 Å². The zero-order valence-electron chi connectivity index (χ0n) is 9.23.